The molecule has 0 radical (unpaired) electrons. The molecule has 0 aromatic rings. The molecule has 0 heterocycles. The second kappa shape index (κ2) is 6.79. The topological polar surface area (TPSA) is 69.6 Å². The molecule has 0 aliphatic carbocycles. The summed E-state index contributed by atoms with van der Waals surface area (Å²) in [4.78, 5) is 10.5. The van der Waals surface area contributed by atoms with E-state index >= 15 is 0 Å². The van der Waals surface area contributed by atoms with Crippen molar-refractivity contribution < 1.29 is 15.0 Å². The largest absolute Gasteiger partial charge is 0.481 e. The lowest BCUT2D eigenvalue weighted by Crippen LogP contribution is -2.33. The molecule has 0 saturated carbocycles. The van der Waals surface area contributed by atoms with Gasteiger partial charge in [-0.05, 0) is 12.3 Å². The lowest BCUT2D eigenvalue weighted by Gasteiger charge is -2.14. The minimum atomic E-state index is -0.809. The summed E-state index contributed by atoms with van der Waals surface area (Å²) >= 11 is 0. The normalized spacial score (nSPS) is 15.5. The van der Waals surface area contributed by atoms with Crippen LogP contribution in [-0.4, -0.2) is 35.4 Å². The Balaban J connectivity index is 3.48. The fraction of sp³-hybridized carbons (Fsp3) is 0.900. The van der Waals surface area contributed by atoms with Crippen molar-refractivity contribution in [2.45, 2.75) is 33.3 Å². The zero-order valence-electron chi connectivity index (χ0n) is 9.16. The second-order valence-electron chi connectivity index (χ2n) is 4.18. The van der Waals surface area contributed by atoms with Crippen molar-refractivity contribution in [1.29, 1.82) is 0 Å². The van der Waals surface area contributed by atoms with E-state index in [1.54, 1.807) is 6.92 Å². The van der Waals surface area contributed by atoms with Crippen molar-refractivity contribution in [3.05, 3.63) is 0 Å². The molecule has 4 heteroatoms. The fourth-order valence-corrected chi connectivity index (χ4v) is 1.18. The average Bonchev–Trinajstić information content (AvgIpc) is 2.02. The third-order valence-corrected chi connectivity index (χ3v) is 2.00. The molecule has 0 fully saturated rings. The molecule has 0 bridgehead atoms. The molecule has 4 nitrogen and oxygen atoms in total. The van der Waals surface area contributed by atoms with Crippen molar-refractivity contribution in [2.24, 2.45) is 11.8 Å². The van der Waals surface area contributed by atoms with E-state index in [-0.39, 0.29) is 6.10 Å². The summed E-state index contributed by atoms with van der Waals surface area (Å²) in [6, 6.07) is 0. The predicted octanol–water partition coefficient (Wildman–Crippen LogP) is 0.704. The van der Waals surface area contributed by atoms with E-state index in [0.29, 0.717) is 19.0 Å². The Kier molecular flexibility index (Phi) is 6.49. The van der Waals surface area contributed by atoms with Crippen LogP contribution < -0.4 is 5.32 Å². The minimum absolute atomic E-state index is 0.379. The Morgan fingerprint density at radius 3 is 2.29 bits per heavy atom. The van der Waals surface area contributed by atoms with Gasteiger partial charge in [0.15, 0.2) is 0 Å². The van der Waals surface area contributed by atoms with Crippen LogP contribution in [0, 0.1) is 11.8 Å². The number of aliphatic hydroxyl groups is 1. The molecule has 0 rings (SSSR count). The lowest BCUT2D eigenvalue weighted by atomic mass is 10.1. The summed E-state index contributed by atoms with van der Waals surface area (Å²) in [5.41, 5.74) is 0. The predicted molar refractivity (Wildman–Crippen MR) is 55.1 cm³/mol. The number of hydrogen-bond donors (Lipinski definition) is 3. The van der Waals surface area contributed by atoms with E-state index < -0.39 is 11.9 Å². The van der Waals surface area contributed by atoms with Gasteiger partial charge in [-0.3, -0.25) is 4.79 Å². The Morgan fingerprint density at radius 1 is 1.29 bits per heavy atom. The molecule has 0 aliphatic rings. The molecule has 84 valence electrons. The van der Waals surface area contributed by atoms with Crippen LogP contribution in [0.15, 0.2) is 0 Å². The second-order valence-corrected chi connectivity index (χ2v) is 4.18. The standard InChI is InChI=1S/C10H21NO3/c1-7(2)4-9(12)6-11-5-8(3)10(13)14/h7-9,11-12H,4-6H2,1-3H3,(H,13,14). The highest BCUT2D eigenvalue weighted by Crippen LogP contribution is 2.03. The summed E-state index contributed by atoms with van der Waals surface area (Å²) in [6.45, 7) is 6.61. The molecule has 2 atom stereocenters. The number of aliphatic carboxylic acids is 1. The molecule has 0 aliphatic heterocycles. The molecular weight excluding hydrogens is 182 g/mol. The highest BCUT2D eigenvalue weighted by Gasteiger charge is 2.11. The van der Waals surface area contributed by atoms with Gasteiger partial charge in [-0.15, -0.1) is 0 Å². The number of hydrogen-bond acceptors (Lipinski definition) is 3. The van der Waals surface area contributed by atoms with Crippen molar-refractivity contribution in [2.75, 3.05) is 13.1 Å². The van der Waals surface area contributed by atoms with Gasteiger partial charge in [-0.1, -0.05) is 20.8 Å². The van der Waals surface area contributed by atoms with Crippen molar-refractivity contribution in [1.82, 2.24) is 5.32 Å². The molecule has 0 aromatic heterocycles. The van der Waals surface area contributed by atoms with Crippen LogP contribution in [0.3, 0.4) is 0 Å². The van der Waals surface area contributed by atoms with Gasteiger partial charge in [-0.2, -0.15) is 0 Å². The number of nitrogens with one attached hydrogen (secondary N) is 1. The van der Waals surface area contributed by atoms with E-state index in [9.17, 15) is 9.90 Å². The maximum Gasteiger partial charge on any atom is 0.307 e. The first-order valence-electron chi connectivity index (χ1n) is 5.05. The van der Waals surface area contributed by atoms with Gasteiger partial charge in [0, 0.05) is 13.1 Å². The zero-order chi connectivity index (χ0) is 11.1. The molecular formula is C10H21NO3. The van der Waals surface area contributed by atoms with E-state index in [2.05, 4.69) is 5.32 Å². The number of carboxylic acid groups (broad SMARTS) is 1. The number of carbonyl (C=O) groups is 1. The summed E-state index contributed by atoms with van der Waals surface area (Å²) < 4.78 is 0. The summed E-state index contributed by atoms with van der Waals surface area (Å²) in [7, 11) is 0. The monoisotopic (exact) mass is 203 g/mol. The summed E-state index contributed by atoms with van der Waals surface area (Å²) in [6.07, 6.45) is 0.366. The highest BCUT2D eigenvalue weighted by molar-refractivity contribution is 5.69. The molecule has 0 saturated heterocycles. The Hall–Kier alpha value is -0.610. The van der Waals surface area contributed by atoms with E-state index in [4.69, 9.17) is 5.11 Å². The Morgan fingerprint density at radius 2 is 1.86 bits per heavy atom. The molecule has 0 spiro atoms. The average molecular weight is 203 g/mol. The van der Waals surface area contributed by atoms with Gasteiger partial charge < -0.3 is 15.5 Å². The summed E-state index contributed by atoms with van der Waals surface area (Å²) in [5.74, 6) is -0.749. The quantitative estimate of drug-likeness (QED) is 0.570. The Bertz CT molecular complexity index is 171. The zero-order valence-corrected chi connectivity index (χ0v) is 9.16. The first-order valence-corrected chi connectivity index (χ1v) is 5.05. The molecule has 3 N–H and O–H groups in total. The molecule has 14 heavy (non-hydrogen) atoms. The van der Waals surface area contributed by atoms with Gasteiger partial charge in [0.1, 0.15) is 0 Å². The van der Waals surface area contributed by atoms with Crippen LogP contribution >= 0.6 is 0 Å². The fourth-order valence-electron chi connectivity index (χ4n) is 1.18. The first kappa shape index (κ1) is 13.4. The number of aliphatic hydroxyl groups excluding tert-OH is 1. The van der Waals surface area contributed by atoms with Crippen molar-refractivity contribution in [3.63, 3.8) is 0 Å². The van der Waals surface area contributed by atoms with Crippen LogP contribution in [0.25, 0.3) is 0 Å². The maximum absolute atomic E-state index is 10.5. The van der Waals surface area contributed by atoms with Gasteiger partial charge in [0.2, 0.25) is 0 Å². The van der Waals surface area contributed by atoms with Gasteiger partial charge >= 0.3 is 5.97 Å². The van der Waals surface area contributed by atoms with Crippen LogP contribution in [0.4, 0.5) is 0 Å². The third-order valence-electron chi connectivity index (χ3n) is 2.00. The minimum Gasteiger partial charge on any atom is -0.481 e. The van der Waals surface area contributed by atoms with E-state index in [0.717, 1.165) is 6.42 Å². The van der Waals surface area contributed by atoms with E-state index in [1.807, 2.05) is 13.8 Å². The number of rotatable bonds is 7. The third kappa shape index (κ3) is 6.86. The van der Waals surface area contributed by atoms with E-state index in [1.165, 1.54) is 0 Å². The van der Waals surface area contributed by atoms with Crippen LogP contribution in [0.5, 0.6) is 0 Å². The van der Waals surface area contributed by atoms with Gasteiger partial charge in [0.05, 0.1) is 12.0 Å². The SMILES string of the molecule is CC(C)CC(O)CNCC(C)C(=O)O. The van der Waals surface area contributed by atoms with Crippen molar-refractivity contribution >= 4 is 5.97 Å². The van der Waals surface area contributed by atoms with Crippen LogP contribution in [-0.2, 0) is 4.79 Å². The molecule has 0 aromatic carbocycles. The van der Waals surface area contributed by atoms with Gasteiger partial charge in [-0.25, -0.2) is 0 Å². The van der Waals surface area contributed by atoms with Gasteiger partial charge in [0.25, 0.3) is 0 Å². The smallest absolute Gasteiger partial charge is 0.307 e. The van der Waals surface area contributed by atoms with Crippen LogP contribution in [0.2, 0.25) is 0 Å². The molecule has 2 unspecified atom stereocenters. The Labute approximate surface area is 85.3 Å². The van der Waals surface area contributed by atoms with Crippen LogP contribution in [0.1, 0.15) is 27.2 Å². The van der Waals surface area contributed by atoms with Crippen molar-refractivity contribution in [3.8, 4) is 0 Å². The maximum atomic E-state index is 10.5. The lowest BCUT2D eigenvalue weighted by molar-refractivity contribution is -0.140. The first-order chi connectivity index (χ1) is 6.43. The highest BCUT2D eigenvalue weighted by atomic mass is 16.4. The number of carboxylic acids is 1. The molecule has 0 amide bonds. The summed E-state index contributed by atoms with van der Waals surface area (Å²) in [5, 5.41) is 21.0.